The number of hydrogen-bond donors (Lipinski definition) is 0. The van der Waals surface area contributed by atoms with Gasteiger partial charge in [0.25, 0.3) is 0 Å². The lowest BCUT2D eigenvalue weighted by Gasteiger charge is -2.04. The van der Waals surface area contributed by atoms with Crippen molar-refractivity contribution >= 4 is 5.71 Å². The van der Waals surface area contributed by atoms with E-state index >= 15 is 0 Å². The van der Waals surface area contributed by atoms with Gasteiger partial charge < -0.3 is 0 Å². The number of nitrogens with zero attached hydrogens (tertiary/aromatic N) is 1. The van der Waals surface area contributed by atoms with E-state index in [0.29, 0.717) is 6.04 Å². The minimum absolute atomic E-state index is 0.427. The van der Waals surface area contributed by atoms with Crippen LogP contribution in [0.15, 0.2) is 28.3 Å². The second-order valence-corrected chi connectivity index (χ2v) is 5.18. The summed E-state index contributed by atoms with van der Waals surface area (Å²) in [6.07, 6.45) is 9.17. The largest absolute Gasteiger partial charge is 0.292 e. The highest BCUT2D eigenvalue weighted by atomic mass is 14.8. The molecule has 0 aliphatic rings. The molecule has 1 nitrogen and oxygen atoms in total. The van der Waals surface area contributed by atoms with Gasteiger partial charge in [-0.2, -0.15) is 0 Å². The van der Waals surface area contributed by atoms with Gasteiger partial charge in [0.05, 0.1) is 0 Å². The first-order valence-electron chi connectivity index (χ1n) is 6.76. The maximum atomic E-state index is 4.55. The van der Waals surface area contributed by atoms with Crippen molar-refractivity contribution in [2.75, 3.05) is 0 Å². The minimum atomic E-state index is 0.427. The second kappa shape index (κ2) is 9.21. The zero-order valence-corrected chi connectivity index (χ0v) is 12.5. The van der Waals surface area contributed by atoms with E-state index in [2.05, 4.69) is 58.7 Å². The molecular formula is C16H29N. The average Bonchev–Trinajstić information content (AvgIpc) is 2.25. The number of hydrogen-bond acceptors (Lipinski definition) is 1. The minimum Gasteiger partial charge on any atom is -0.292 e. The van der Waals surface area contributed by atoms with Gasteiger partial charge in [0.2, 0.25) is 0 Å². The molecule has 0 aliphatic heterocycles. The van der Waals surface area contributed by atoms with Crippen molar-refractivity contribution in [2.45, 2.75) is 73.3 Å². The molecule has 0 N–H and O–H groups in total. The highest BCUT2D eigenvalue weighted by Crippen LogP contribution is 2.10. The van der Waals surface area contributed by atoms with Crippen LogP contribution in [0.3, 0.4) is 0 Å². The predicted molar refractivity (Wildman–Crippen MR) is 79.9 cm³/mol. The standard InChI is InChI=1S/C16H29N/c1-7-14(4)9-8-10-15(5)11-12-16(6)17-13(2)3/h7,10,13H,8-9,11-12H2,1-6H3/b14-7+,15-10+,17-16+. The Morgan fingerprint density at radius 2 is 1.65 bits per heavy atom. The molecule has 0 heterocycles. The monoisotopic (exact) mass is 235 g/mol. The summed E-state index contributed by atoms with van der Waals surface area (Å²) < 4.78 is 0. The van der Waals surface area contributed by atoms with Crippen LogP contribution in [-0.2, 0) is 0 Å². The van der Waals surface area contributed by atoms with Crippen LogP contribution in [0.2, 0.25) is 0 Å². The molecule has 0 amide bonds. The molecule has 0 spiro atoms. The lowest BCUT2D eigenvalue weighted by Crippen LogP contribution is -1.98. The Bertz CT molecular complexity index is 293. The number of rotatable bonds is 7. The summed E-state index contributed by atoms with van der Waals surface area (Å²) in [6, 6.07) is 0.427. The van der Waals surface area contributed by atoms with Crippen LogP contribution in [0.4, 0.5) is 0 Å². The van der Waals surface area contributed by atoms with E-state index in [4.69, 9.17) is 0 Å². The van der Waals surface area contributed by atoms with Gasteiger partial charge in [0, 0.05) is 11.8 Å². The molecule has 0 atom stereocenters. The second-order valence-electron chi connectivity index (χ2n) is 5.18. The summed E-state index contributed by atoms with van der Waals surface area (Å²) in [5.41, 5.74) is 4.25. The van der Waals surface area contributed by atoms with Crippen molar-refractivity contribution in [2.24, 2.45) is 4.99 Å². The maximum absolute atomic E-state index is 4.55. The number of aliphatic imine (C=N–C) groups is 1. The van der Waals surface area contributed by atoms with Crippen molar-refractivity contribution in [3.05, 3.63) is 23.3 Å². The highest BCUT2D eigenvalue weighted by Gasteiger charge is 1.96. The van der Waals surface area contributed by atoms with Crippen LogP contribution < -0.4 is 0 Å². The summed E-state index contributed by atoms with van der Waals surface area (Å²) >= 11 is 0. The Balaban J connectivity index is 3.93. The van der Waals surface area contributed by atoms with Crippen molar-refractivity contribution in [1.82, 2.24) is 0 Å². The summed E-state index contributed by atoms with van der Waals surface area (Å²) in [6.45, 7) is 12.9. The zero-order chi connectivity index (χ0) is 13.3. The van der Waals surface area contributed by atoms with Crippen LogP contribution in [0.5, 0.6) is 0 Å². The lowest BCUT2D eigenvalue weighted by molar-refractivity contribution is 0.823. The van der Waals surface area contributed by atoms with Crippen molar-refractivity contribution in [3.63, 3.8) is 0 Å². The molecule has 0 aromatic heterocycles. The van der Waals surface area contributed by atoms with Gasteiger partial charge in [0.15, 0.2) is 0 Å². The maximum Gasteiger partial charge on any atom is 0.0442 e. The third-order valence-electron chi connectivity index (χ3n) is 2.88. The molecule has 0 rings (SSSR count). The van der Waals surface area contributed by atoms with Crippen LogP contribution in [0.1, 0.15) is 67.2 Å². The molecule has 0 radical (unpaired) electrons. The van der Waals surface area contributed by atoms with Crippen molar-refractivity contribution < 1.29 is 0 Å². The number of allylic oxidation sites excluding steroid dienone is 4. The van der Waals surface area contributed by atoms with Crippen LogP contribution in [0, 0.1) is 0 Å². The van der Waals surface area contributed by atoms with Gasteiger partial charge in [-0.25, -0.2) is 0 Å². The Labute approximate surface area is 108 Å². The molecule has 17 heavy (non-hydrogen) atoms. The fourth-order valence-corrected chi connectivity index (χ4v) is 1.68. The van der Waals surface area contributed by atoms with Crippen LogP contribution >= 0.6 is 0 Å². The summed E-state index contributed by atoms with van der Waals surface area (Å²) in [5.74, 6) is 0. The fraction of sp³-hybridized carbons (Fsp3) is 0.688. The van der Waals surface area contributed by atoms with E-state index < -0.39 is 0 Å². The summed E-state index contributed by atoms with van der Waals surface area (Å²) in [7, 11) is 0. The molecule has 1 heteroatoms. The van der Waals surface area contributed by atoms with E-state index in [-0.39, 0.29) is 0 Å². The van der Waals surface area contributed by atoms with Crippen molar-refractivity contribution in [3.8, 4) is 0 Å². The van der Waals surface area contributed by atoms with Gasteiger partial charge >= 0.3 is 0 Å². The fourth-order valence-electron chi connectivity index (χ4n) is 1.68. The van der Waals surface area contributed by atoms with Crippen LogP contribution in [0.25, 0.3) is 0 Å². The smallest absolute Gasteiger partial charge is 0.0442 e. The first-order chi connectivity index (χ1) is 7.95. The SMILES string of the molecule is C/C=C(\C)CC/C=C(\C)CC/C(C)=N/C(C)C. The van der Waals surface area contributed by atoms with E-state index in [9.17, 15) is 0 Å². The Hall–Kier alpha value is -0.850. The Morgan fingerprint density at radius 1 is 1.00 bits per heavy atom. The van der Waals surface area contributed by atoms with Gasteiger partial charge in [-0.15, -0.1) is 0 Å². The lowest BCUT2D eigenvalue weighted by atomic mass is 10.1. The van der Waals surface area contributed by atoms with Gasteiger partial charge in [-0.3, -0.25) is 4.99 Å². The van der Waals surface area contributed by atoms with Gasteiger partial charge in [0.1, 0.15) is 0 Å². The van der Waals surface area contributed by atoms with E-state index in [1.807, 2.05) is 0 Å². The van der Waals surface area contributed by atoms with Gasteiger partial charge in [-0.05, 0) is 67.2 Å². The molecule has 0 unspecified atom stereocenters. The quantitative estimate of drug-likeness (QED) is 0.418. The molecule has 0 aliphatic carbocycles. The first kappa shape index (κ1) is 16.1. The van der Waals surface area contributed by atoms with Gasteiger partial charge in [-0.1, -0.05) is 23.3 Å². The Kier molecular flexibility index (Phi) is 8.75. The molecule has 0 aromatic rings. The molecule has 0 aromatic carbocycles. The first-order valence-corrected chi connectivity index (χ1v) is 6.76. The molecule has 0 saturated heterocycles. The normalized spacial score (nSPS) is 14.6. The average molecular weight is 235 g/mol. The highest BCUT2D eigenvalue weighted by molar-refractivity contribution is 5.82. The predicted octanol–water partition coefficient (Wildman–Crippen LogP) is 5.33. The van der Waals surface area contributed by atoms with E-state index in [1.54, 1.807) is 0 Å². The Morgan fingerprint density at radius 3 is 2.18 bits per heavy atom. The third kappa shape index (κ3) is 10.0. The summed E-state index contributed by atoms with van der Waals surface area (Å²) in [5, 5.41) is 0. The summed E-state index contributed by atoms with van der Waals surface area (Å²) in [4.78, 5) is 4.55. The molecular weight excluding hydrogens is 206 g/mol. The van der Waals surface area contributed by atoms with Crippen LogP contribution in [-0.4, -0.2) is 11.8 Å². The van der Waals surface area contributed by atoms with E-state index in [1.165, 1.54) is 29.7 Å². The third-order valence-corrected chi connectivity index (χ3v) is 2.88. The zero-order valence-electron chi connectivity index (χ0n) is 12.5. The van der Waals surface area contributed by atoms with Crippen molar-refractivity contribution in [1.29, 1.82) is 0 Å². The molecule has 0 bridgehead atoms. The molecule has 0 saturated carbocycles. The van der Waals surface area contributed by atoms with E-state index in [0.717, 1.165) is 12.8 Å². The molecule has 0 fully saturated rings. The molecule has 98 valence electrons. The topological polar surface area (TPSA) is 12.4 Å².